The molecule has 0 unspecified atom stereocenters. The van der Waals surface area contributed by atoms with Crippen LogP contribution in [0.15, 0.2) is 21.0 Å². The van der Waals surface area contributed by atoms with Gasteiger partial charge in [0, 0.05) is 30.4 Å². The SMILES string of the molecule is COCC1=CC(=O)O/C1=C(/I)C[Si](C)(C)C. The molecule has 1 rings (SSSR count). The Kier molecular flexibility index (Phi) is 4.75. The van der Waals surface area contributed by atoms with Gasteiger partial charge in [0.05, 0.1) is 6.61 Å². The van der Waals surface area contributed by atoms with Crippen molar-refractivity contribution >= 4 is 36.6 Å². The van der Waals surface area contributed by atoms with Gasteiger partial charge < -0.3 is 9.47 Å². The molecule has 1 heterocycles. The summed E-state index contributed by atoms with van der Waals surface area (Å²) in [6.07, 6.45) is 1.52. The molecular formula is C11H17IO3Si. The van der Waals surface area contributed by atoms with E-state index in [-0.39, 0.29) is 5.97 Å². The molecule has 5 heteroatoms. The summed E-state index contributed by atoms with van der Waals surface area (Å²) in [6, 6.07) is 1.03. The van der Waals surface area contributed by atoms with Crippen LogP contribution < -0.4 is 0 Å². The van der Waals surface area contributed by atoms with Gasteiger partial charge in [0.15, 0.2) is 0 Å². The topological polar surface area (TPSA) is 35.5 Å². The Morgan fingerprint density at radius 2 is 2.12 bits per heavy atom. The van der Waals surface area contributed by atoms with Crippen LogP contribution in [0.25, 0.3) is 0 Å². The lowest BCUT2D eigenvalue weighted by Gasteiger charge is -2.16. The van der Waals surface area contributed by atoms with Gasteiger partial charge in [-0.25, -0.2) is 4.79 Å². The molecule has 0 bridgehead atoms. The second-order valence-electron chi connectivity index (χ2n) is 5.00. The minimum Gasteiger partial charge on any atom is -0.422 e. The largest absolute Gasteiger partial charge is 0.422 e. The zero-order valence-electron chi connectivity index (χ0n) is 10.1. The van der Waals surface area contributed by atoms with Gasteiger partial charge in [-0.3, -0.25) is 0 Å². The molecule has 1 aliphatic rings. The van der Waals surface area contributed by atoms with E-state index in [4.69, 9.17) is 9.47 Å². The monoisotopic (exact) mass is 352 g/mol. The molecule has 16 heavy (non-hydrogen) atoms. The smallest absolute Gasteiger partial charge is 0.336 e. The van der Waals surface area contributed by atoms with Crippen LogP contribution in [-0.4, -0.2) is 27.8 Å². The third-order valence-electron chi connectivity index (χ3n) is 2.02. The fourth-order valence-corrected chi connectivity index (χ4v) is 6.42. The zero-order valence-corrected chi connectivity index (χ0v) is 13.3. The molecule has 0 saturated carbocycles. The number of methoxy groups -OCH3 is 1. The highest BCUT2D eigenvalue weighted by molar-refractivity contribution is 14.1. The lowest BCUT2D eigenvalue weighted by molar-refractivity contribution is -0.132. The molecule has 90 valence electrons. The van der Waals surface area contributed by atoms with Crippen molar-refractivity contribution in [3.8, 4) is 0 Å². The highest BCUT2D eigenvalue weighted by Gasteiger charge is 2.25. The maximum absolute atomic E-state index is 11.2. The second-order valence-corrected chi connectivity index (χ2v) is 11.8. The van der Waals surface area contributed by atoms with E-state index in [1.165, 1.54) is 6.08 Å². The number of esters is 1. The van der Waals surface area contributed by atoms with Crippen molar-refractivity contribution in [1.29, 1.82) is 0 Å². The molecule has 0 aromatic heterocycles. The van der Waals surface area contributed by atoms with Gasteiger partial charge in [0.25, 0.3) is 0 Å². The van der Waals surface area contributed by atoms with Gasteiger partial charge in [-0.05, 0) is 28.6 Å². The third kappa shape index (κ3) is 4.02. The minimum absolute atomic E-state index is 0.285. The lowest BCUT2D eigenvalue weighted by Crippen LogP contribution is -2.19. The predicted octanol–water partition coefficient (Wildman–Crippen LogP) is 3.10. The fourth-order valence-electron chi connectivity index (χ4n) is 1.44. The number of cyclic esters (lactones) is 1. The van der Waals surface area contributed by atoms with E-state index in [1.807, 2.05) is 0 Å². The fraction of sp³-hybridized carbons (Fsp3) is 0.545. The summed E-state index contributed by atoms with van der Waals surface area (Å²) in [5, 5.41) is 0. The maximum atomic E-state index is 11.2. The van der Waals surface area contributed by atoms with Crippen LogP contribution in [0.3, 0.4) is 0 Å². The van der Waals surface area contributed by atoms with Gasteiger partial charge >= 0.3 is 5.97 Å². The molecule has 0 spiro atoms. The average Bonchev–Trinajstić information content (AvgIpc) is 2.44. The van der Waals surface area contributed by atoms with Crippen molar-refractivity contribution < 1.29 is 14.3 Å². The Bertz CT molecular complexity index is 353. The van der Waals surface area contributed by atoms with Crippen LogP contribution in [0.5, 0.6) is 0 Å². The van der Waals surface area contributed by atoms with Crippen LogP contribution in [0.1, 0.15) is 0 Å². The van der Waals surface area contributed by atoms with Crippen molar-refractivity contribution in [1.82, 2.24) is 0 Å². The molecule has 3 nitrogen and oxygen atoms in total. The Hall–Kier alpha value is -0.143. The summed E-state index contributed by atoms with van der Waals surface area (Å²) in [4.78, 5) is 11.2. The number of hydrogen-bond acceptors (Lipinski definition) is 3. The molecule has 0 atom stereocenters. The van der Waals surface area contributed by atoms with Gasteiger partial charge in [0.1, 0.15) is 5.76 Å². The Morgan fingerprint density at radius 1 is 1.50 bits per heavy atom. The third-order valence-corrected chi connectivity index (χ3v) is 5.02. The van der Waals surface area contributed by atoms with Crippen molar-refractivity contribution in [3.63, 3.8) is 0 Å². The summed E-state index contributed by atoms with van der Waals surface area (Å²) in [5.41, 5.74) is 0.857. The summed E-state index contributed by atoms with van der Waals surface area (Å²) in [7, 11) is 0.431. The number of hydrogen-bond donors (Lipinski definition) is 0. The summed E-state index contributed by atoms with van der Waals surface area (Å²) in [6.45, 7) is 7.31. The Labute approximate surface area is 111 Å². The minimum atomic E-state index is -1.19. The first kappa shape index (κ1) is 13.9. The zero-order chi connectivity index (χ0) is 12.3. The number of allylic oxidation sites excluding steroid dienone is 1. The van der Waals surface area contributed by atoms with Gasteiger partial charge in [-0.15, -0.1) is 0 Å². The van der Waals surface area contributed by atoms with E-state index < -0.39 is 8.07 Å². The van der Waals surface area contributed by atoms with Crippen LogP contribution >= 0.6 is 22.6 Å². The van der Waals surface area contributed by atoms with E-state index in [2.05, 4.69) is 42.2 Å². The van der Waals surface area contributed by atoms with Crippen LogP contribution in [0.2, 0.25) is 25.7 Å². The van der Waals surface area contributed by atoms with Crippen molar-refractivity contribution in [2.45, 2.75) is 25.7 Å². The van der Waals surface area contributed by atoms with Gasteiger partial charge in [-0.1, -0.05) is 19.6 Å². The van der Waals surface area contributed by atoms with Crippen LogP contribution in [0.4, 0.5) is 0 Å². The number of ether oxygens (including phenoxy) is 2. The standard InChI is InChI=1S/C11H17IO3Si/c1-14-6-8-5-10(13)15-11(8)9(12)7-16(2,3)4/h5H,6-7H2,1-4H3/b11-9+. The number of carbonyl (C=O) groups is 1. The van der Waals surface area contributed by atoms with Gasteiger partial charge in [0.2, 0.25) is 0 Å². The first-order valence-corrected chi connectivity index (χ1v) is 9.92. The molecule has 0 saturated heterocycles. The predicted molar refractivity (Wildman–Crippen MR) is 75.3 cm³/mol. The Morgan fingerprint density at radius 3 is 2.62 bits per heavy atom. The van der Waals surface area contributed by atoms with Crippen molar-refractivity contribution in [3.05, 3.63) is 21.0 Å². The second kappa shape index (κ2) is 5.46. The van der Waals surface area contributed by atoms with Crippen LogP contribution in [0, 0.1) is 0 Å². The molecule has 0 amide bonds. The maximum Gasteiger partial charge on any atom is 0.336 e. The molecule has 0 fully saturated rings. The number of rotatable bonds is 4. The molecule has 0 aromatic carbocycles. The van der Waals surface area contributed by atoms with Gasteiger partial charge in [-0.2, -0.15) is 0 Å². The molecule has 0 N–H and O–H groups in total. The van der Waals surface area contributed by atoms with E-state index in [1.54, 1.807) is 7.11 Å². The molecule has 1 aliphatic heterocycles. The molecular weight excluding hydrogens is 335 g/mol. The van der Waals surface area contributed by atoms with E-state index in [0.29, 0.717) is 6.61 Å². The summed E-state index contributed by atoms with van der Waals surface area (Å²) in [5.74, 6) is 0.432. The number of halogens is 1. The highest BCUT2D eigenvalue weighted by atomic mass is 127. The highest BCUT2D eigenvalue weighted by Crippen LogP contribution is 2.32. The Balaban J connectivity index is 2.90. The quantitative estimate of drug-likeness (QED) is 0.443. The van der Waals surface area contributed by atoms with Crippen LogP contribution in [-0.2, 0) is 14.3 Å². The average molecular weight is 352 g/mol. The lowest BCUT2D eigenvalue weighted by atomic mass is 10.2. The molecule has 0 aromatic rings. The van der Waals surface area contributed by atoms with Crippen molar-refractivity contribution in [2.24, 2.45) is 0 Å². The summed E-state index contributed by atoms with van der Waals surface area (Å²) >= 11 is 2.27. The van der Waals surface area contributed by atoms with Crippen molar-refractivity contribution in [2.75, 3.05) is 13.7 Å². The first-order chi connectivity index (χ1) is 7.33. The van der Waals surface area contributed by atoms with E-state index >= 15 is 0 Å². The normalized spacial score (nSPS) is 19.6. The summed E-state index contributed by atoms with van der Waals surface area (Å²) < 4.78 is 11.4. The van der Waals surface area contributed by atoms with E-state index in [0.717, 1.165) is 21.0 Å². The van der Waals surface area contributed by atoms with E-state index in [9.17, 15) is 4.79 Å². The first-order valence-electron chi connectivity index (χ1n) is 5.14. The number of carbonyl (C=O) groups excluding carboxylic acids is 1. The molecule has 0 radical (unpaired) electrons. The molecule has 0 aliphatic carbocycles.